The fourth-order valence-electron chi connectivity index (χ4n) is 3.12. The normalized spacial score (nSPS) is 14.5. The van der Waals surface area contributed by atoms with Crippen LogP contribution in [0.15, 0.2) is 36.9 Å². The Bertz CT molecular complexity index is 983. The van der Waals surface area contributed by atoms with Gasteiger partial charge in [0.25, 0.3) is 0 Å². The van der Waals surface area contributed by atoms with Crippen molar-refractivity contribution in [2.45, 2.75) is 32.3 Å². The molecule has 4 heterocycles. The van der Waals surface area contributed by atoms with Crippen LogP contribution in [-0.4, -0.2) is 43.4 Å². The van der Waals surface area contributed by atoms with Gasteiger partial charge in [-0.3, -0.25) is 0 Å². The molecule has 1 aliphatic rings. The SMILES string of the molecule is CC(C)(O)C#Cc1cccn2ncc(-c3cnc(N4CCCC4)nc3)c12. The third kappa shape index (κ3) is 3.26. The fraction of sp³-hybridized carbons (Fsp3) is 0.350. The Morgan fingerprint density at radius 1 is 1.12 bits per heavy atom. The summed E-state index contributed by atoms with van der Waals surface area (Å²) in [5, 5.41) is 14.3. The molecule has 0 amide bonds. The lowest BCUT2D eigenvalue weighted by Gasteiger charge is -2.14. The van der Waals surface area contributed by atoms with Crippen molar-refractivity contribution in [1.29, 1.82) is 0 Å². The molecule has 1 aliphatic heterocycles. The number of pyridine rings is 1. The molecule has 1 fully saturated rings. The van der Waals surface area contributed by atoms with Crippen molar-refractivity contribution in [2.75, 3.05) is 18.0 Å². The molecule has 132 valence electrons. The van der Waals surface area contributed by atoms with Gasteiger partial charge < -0.3 is 10.0 Å². The highest BCUT2D eigenvalue weighted by molar-refractivity contribution is 5.84. The Labute approximate surface area is 152 Å². The van der Waals surface area contributed by atoms with Crippen LogP contribution in [0.5, 0.6) is 0 Å². The number of anilines is 1. The standard InChI is InChI=1S/C20H21N5O/c1-20(2,26)8-7-15-6-5-11-25-18(15)17(14-23-25)16-12-21-19(22-13-16)24-9-3-4-10-24/h5-6,11-14,26H,3-4,9-10H2,1-2H3. The largest absolute Gasteiger partial charge is 0.378 e. The van der Waals surface area contributed by atoms with Crippen molar-refractivity contribution >= 4 is 11.5 Å². The van der Waals surface area contributed by atoms with Gasteiger partial charge in [-0.15, -0.1) is 0 Å². The zero-order chi connectivity index (χ0) is 18.1. The minimum absolute atomic E-state index is 0.782. The number of nitrogens with zero attached hydrogens (tertiary/aromatic N) is 5. The van der Waals surface area contributed by atoms with Crippen LogP contribution in [0.25, 0.3) is 16.6 Å². The van der Waals surface area contributed by atoms with E-state index in [0.29, 0.717) is 0 Å². The lowest BCUT2D eigenvalue weighted by molar-refractivity contribution is 0.143. The summed E-state index contributed by atoms with van der Waals surface area (Å²) >= 11 is 0. The third-order valence-electron chi connectivity index (χ3n) is 4.38. The summed E-state index contributed by atoms with van der Waals surface area (Å²) in [7, 11) is 0. The summed E-state index contributed by atoms with van der Waals surface area (Å²) < 4.78 is 1.79. The van der Waals surface area contributed by atoms with Gasteiger partial charge in [-0.05, 0) is 38.8 Å². The lowest BCUT2D eigenvalue weighted by atomic mass is 10.1. The molecular weight excluding hydrogens is 326 g/mol. The summed E-state index contributed by atoms with van der Waals surface area (Å²) in [5.41, 5.74) is 2.49. The van der Waals surface area contributed by atoms with E-state index in [-0.39, 0.29) is 0 Å². The molecule has 6 nitrogen and oxygen atoms in total. The van der Waals surface area contributed by atoms with Gasteiger partial charge in [0.1, 0.15) is 5.60 Å². The summed E-state index contributed by atoms with van der Waals surface area (Å²) in [6.07, 6.45) is 9.77. The molecule has 0 spiro atoms. The smallest absolute Gasteiger partial charge is 0.225 e. The van der Waals surface area contributed by atoms with Gasteiger partial charge in [0.05, 0.1) is 17.3 Å². The molecule has 0 atom stereocenters. The van der Waals surface area contributed by atoms with Crippen LogP contribution in [0.4, 0.5) is 5.95 Å². The Balaban J connectivity index is 1.75. The number of rotatable bonds is 2. The van der Waals surface area contributed by atoms with Gasteiger partial charge >= 0.3 is 0 Å². The highest BCUT2D eigenvalue weighted by atomic mass is 16.3. The van der Waals surface area contributed by atoms with Crippen molar-refractivity contribution in [1.82, 2.24) is 19.6 Å². The van der Waals surface area contributed by atoms with Crippen molar-refractivity contribution < 1.29 is 5.11 Å². The first-order chi connectivity index (χ1) is 12.5. The average molecular weight is 347 g/mol. The van der Waals surface area contributed by atoms with Crippen LogP contribution < -0.4 is 4.90 Å². The monoisotopic (exact) mass is 347 g/mol. The van der Waals surface area contributed by atoms with E-state index in [1.165, 1.54) is 12.8 Å². The second kappa shape index (κ2) is 6.43. The molecular formula is C20H21N5O. The van der Waals surface area contributed by atoms with E-state index in [1.54, 1.807) is 24.6 Å². The van der Waals surface area contributed by atoms with Crippen LogP contribution >= 0.6 is 0 Å². The summed E-state index contributed by atoms with van der Waals surface area (Å²) in [4.78, 5) is 11.3. The summed E-state index contributed by atoms with van der Waals surface area (Å²) in [6.45, 7) is 5.38. The minimum atomic E-state index is -1.05. The highest BCUT2D eigenvalue weighted by Gasteiger charge is 2.16. The molecule has 3 aromatic heterocycles. The van der Waals surface area contributed by atoms with Gasteiger partial charge in [-0.1, -0.05) is 11.8 Å². The van der Waals surface area contributed by atoms with E-state index in [9.17, 15) is 5.11 Å². The van der Waals surface area contributed by atoms with Crippen molar-refractivity contribution in [3.63, 3.8) is 0 Å². The Morgan fingerprint density at radius 2 is 1.85 bits per heavy atom. The second-order valence-corrected chi connectivity index (χ2v) is 7.05. The van der Waals surface area contributed by atoms with E-state index >= 15 is 0 Å². The maximum Gasteiger partial charge on any atom is 0.225 e. The fourth-order valence-corrected chi connectivity index (χ4v) is 3.12. The molecule has 4 rings (SSSR count). The molecule has 0 bridgehead atoms. The molecule has 3 aromatic rings. The first-order valence-corrected chi connectivity index (χ1v) is 8.80. The number of hydrogen-bond acceptors (Lipinski definition) is 5. The van der Waals surface area contributed by atoms with Crippen LogP contribution in [0.3, 0.4) is 0 Å². The quantitative estimate of drug-likeness (QED) is 0.722. The predicted molar refractivity (Wildman–Crippen MR) is 101 cm³/mol. The maximum atomic E-state index is 9.90. The number of aliphatic hydroxyl groups is 1. The van der Waals surface area contributed by atoms with Crippen molar-refractivity contribution in [3.8, 4) is 23.0 Å². The van der Waals surface area contributed by atoms with E-state index in [4.69, 9.17) is 0 Å². The molecule has 0 aliphatic carbocycles. The van der Waals surface area contributed by atoms with E-state index < -0.39 is 5.60 Å². The van der Waals surface area contributed by atoms with Gasteiger partial charge in [0, 0.05) is 42.8 Å². The summed E-state index contributed by atoms with van der Waals surface area (Å²) in [6, 6.07) is 3.82. The number of aromatic nitrogens is 4. The predicted octanol–water partition coefficient (Wildman–Crippen LogP) is 2.51. The van der Waals surface area contributed by atoms with E-state index in [1.807, 2.05) is 30.7 Å². The minimum Gasteiger partial charge on any atom is -0.378 e. The average Bonchev–Trinajstić information content (AvgIpc) is 3.29. The zero-order valence-corrected chi connectivity index (χ0v) is 15.0. The van der Waals surface area contributed by atoms with Gasteiger partial charge in [-0.2, -0.15) is 5.10 Å². The zero-order valence-electron chi connectivity index (χ0n) is 15.0. The first kappa shape index (κ1) is 16.6. The molecule has 6 heteroatoms. The third-order valence-corrected chi connectivity index (χ3v) is 4.38. The van der Waals surface area contributed by atoms with Gasteiger partial charge in [0.2, 0.25) is 5.95 Å². The Hall–Kier alpha value is -2.91. The topological polar surface area (TPSA) is 66.6 Å². The lowest BCUT2D eigenvalue weighted by Crippen LogP contribution is -2.20. The molecule has 1 saturated heterocycles. The molecule has 0 radical (unpaired) electrons. The molecule has 0 unspecified atom stereocenters. The van der Waals surface area contributed by atoms with Gasteiger partial charge in [-0.25, -0.2) is 14.5 Å². The molecule has 26 heavy (non-hydrogen) atoms. The molecule has 1 N–H and O–H groups in total. The van der Waals surface area contributed by atoms with E-state index in [2.05, 4.69) is 31.8 Å². The maximum absolute atomic E-state index is 9.90. The second-order valence-electron chi connectivity index (χ2n) is 7.05. The Kier molecular flexibility index (Phi) is 4.09. The van der Waals surface area contributed by atoms with Crippen LogP contribution in [0, 0.1) is 11.8 Å². The van der Waals surface area contributed by atoms with Crippen molar-refractivity contribution in [2.24, 2.45) is 0 Å². The van der Waals surface area contributed by atoms with Gasteiger partial charge in [0.15, 0.2) is 0 Å². The number of fused-ring (bicyclic) bond motifs is 1. The molecule has 0 aromatic carbocycles. The van der Waals surface area contributed by atoms with Crippen LogP contribution in [0.1, 0.15) is 32.3 Å². The Morgan fingerprint density at radius 3 is 2.54 bits per heavy atom. The summed E-state index contributed by atoms with van der Waals surface area (Å²) in [5.74, 6) is 6.72. The van der Waals surface area contributed by atoms with Crippen LogP contribution in [-0.2, 0) is 0 Å². The van der Waals surface area contributed by atoms with E-state index in [0.717, 1.165) is 41.2 Å². The first-order valence-electron chi connectivity index (χ1n) is 8.80. The molecule has 0 saturated carbocycles. The van der Waals surface area contributed by atoms with Crippen molar-refractivity contribution in [3.05, 3.63) is 42.5 Å². The van der Waals surface area contributed by atoms with Crippen LogP contribution in [0.2, 0.25) is 0 Å². The highest BCUT2D eigenvalue weighted by Crippen LogP contribution is 2.27. The number of hydrogen-bond donors (Lipinski definition) is 1.